The van der Waals surface area contributed by atoms with Gasteiger partial charge in [-0.15, -0.1) is 0 Å². The third-order valence-corrected chi connectivity index (χ3v) is 5.22. The highest BCUT2D eigenvalue weighted by atomic mass is 16.6. The zero-order valence-corrected chi connectivity index (χ0v) is 10.3. The molecule has 0 aromatic carbocycles. The summed E-state index contributed by atoms with van der Waals surface area (Å²) in [7, 11) is 1.43. The van der Waals surface area contributed by atoms with Gasteiger partial charge in [0, 0.05) is 0 Å². The molecule has 4 rings (SSSR count). The molecule has 0 amide bonds. The SMILES string of the molecule is COC(=O)C1(C2(O)COC2)CC2CCC1CC2. The topological polar surface area (TPSA) is 55.8 Å². The first-order valence-corrected chi connectivity index (χ1v) is 6.51. The van der Waals surface area contributed by atoms with Crippen molar-refractivity contribution in [3.63, 3.8) is 0 Å². The highest BCUT2D eigenvalue weighted by Crippen LogP contribution is 2.59. The first kappa shape index (κ1) is 11.5. The molecular formula is C13H20O4. The maximum Gasteiger partial charge on any atom is 0.315 e. The molecule has 1 saturated heterocycles. The van der Waals surface area contributed by atoms with Crippen LogP contribution in [-0.4, -0.2) is 37.0 Å². The van der Waals surface area contributed by atoms with Gasteiger partial charge in [0.25, 0.3) is 0 Å². The van der Waals surface area contributed by atoms with Crippen molar-refractivity contribution in [2.45, 2.75) is 37.7 Å². The molecule has 1 atom stereocenters. The van der Waals surface area contributed by atoms with E-state index >= 15 is 0 Å². The van der Waals surface area contributed by atoms with Gasteiger partial charge in [0.1, 0.15) is 11.0 Å². The van der Waals surface area contributed by atoms with Crippen molar-refractivity contribution in [1.82, 2.24) is 0 Å². The maximum absolute atomic E-state index is 12.3. The van der Waals surface area contributed by atoms with E-state index in [2.05, 4.69) is 0 Å². The minimum absolute atomic E-state index is 0.224. The molecule has 0 aromatic heterocycles. The third kappa shape index (κ3) is 1.34. The summed E-state index contributed by atoms with van der Waals surface area (Å²) in [5.74, 6) is 0.621. The molecule has 4 aliphatic rings. The fraction of sp³-hybridized carbons (Fsp3) is 0.923. The highest BCUT2D eigenvalue weighted by Gasteiger charge is 2.67. The van der Waals surface area contributed by atoms with Crippen molar-refractivity contribution in [3.05, 3.63) is 0 Å². The molecule has 96 valence electrons. The van der Waals surface area contributed by atoms with Crippen LogP contribution >= 0.6 is 0 Å². The molecule has 4 fully saturated rings. The van der Waals surface area contributed by atoms with E-state index in [0.717, 1.165) is 19.3 Å². The Morgan fingerprint density at radius 3 is 2.29 bits per heavy atom. The molecule has 17 heavy (non-hydrogen) atoms. The first-order chi connectivity index (χ1) is 8.12. The molecule has 1 aliphatic heterocycles. The van der Waals surface area contributed by atoms with Gasteiger partial charge in [-0.25, -0.2) is 0 Å². The number of hydrogen-bond donors (Lipinski definition) is 1. The summed E-state index contributed by atoms with van der Waals surface area (Å²) < 4.78 is 10.2. The van der Waals surface area contributed by atoms with E-state index in [1.165, 1.54) is 20.0 Å². The Hall–Kier alpha value is -0.610. The van der Waals surface area contributed by atoms with Gasteiger partial charge in [0.15, 0.2) is 0 Å². The molecule has 0 aromatic rings. The Bertz CT molecular complexity index is 328. The van der Waals surface area contributed by atoms with E-state index in [1.807, 2.05) is 0 Å². The van der Waals surface area contributed by atoms with Gasteiger partial charge in [-0.2, -0.15) is 0 Å². The summed E-state index contributed by atoms with van der Waals surface area (Å²) >= 11 is 0. The van der Waals surface area contributed by atoms with Crippen LogP contribution in [0.2, 0.25) is 0 Å². The van der Waals surface area contributed by atoms with Crippen LogP contribution in [0.4, 0.5) is 0 Å². The summed E-state index contributed by atoms with van der Waals surface area (Å²) in [6.45, 7) is 0.566. The highest BCUT2D eigenvalue weighted by molar-refractivity contribution is 5.79. The van der Waals surface area contributed by atoms with Gasteiger partial charge >= 0.3 is 5.97 Å². The number of ether oxygens (including phenoxy) is 2. The van der Waals surface area contributed by atoms with Crippen molar-refractivity contribution in [3.8, 4) is 0 Å². The van der Waals surface area contributed by atoms with Crippen LogP contribution in [0.15, 0.2) is 0 Å². The fourth-order valence-corrected chi connectivity index (χ4v) is 4.23. The lowest BCUT2D eigenvalue weighted by Crippen LogP contribution is -2.70. The third-order valence-electron chi connectivity index (χ3n) is 5.22. The molecule has 1 unspecified atom stereocenters. The molecule has 4 heteroatoms. The number of esters is 1. The van der Waals surface area contributed by atoms with Crippen molar-refractivity contribution in [2.75, 3.05) is 20.3 Å². The number of rotatable bonds is 2. The molecule has 2 bridgehead atoms. The quantitative estimate of drug-likeness (QED) is 0.735. The van der Waals surface area contributed by atoms with Crippen LogP contribution in [0.5, 0.6) is 0 Å². The number of hydrogen-bond acceptors (Lipinski definition) is 4. The monoisotopic (exact) mass is 240 g/mol. The molecule has 1 N–H and O–H groups in total. The first-order valence-electron chi connectivity index (χ1n) is 6.51. The normalized spacial score (nSPS) is 42.9. The summed E-state index contributed by atoms with van der Waals surface area (Å²) in [6, 6.07) is 0. The second-order valence-electron chi connectivity index (χ2n) is 5.91. The standard InChI is InChI=1S/C13H20O4/c1-16-11(14)13(12(15)7-17-8-12)6-9-2-4-10(13)5-3-9/h9-10,15H,2-8H2,1H3. The molecule has 0 radical (unpaired) electrons. The van der Waals surface area contributed by atoms with Gasteiger partial charge in [-0.3, -0.25) is 4.79 Å². The van der Waals surface area contributed by atoms with E-state index in [0.29, 0.717) is 5.92 Å². The number of methoxy groups -OCH3 is 1. The Morgan fingerprint density at radius 1 is 1.29 bits per heavy atom. The zero-order valence-electron chi connectivity index (χ0n) is 10.3. The van der Waals surface area contributed by atoms with Crippen LogP contribution in [0.3, 0.4) is 0 Å². The number of carbonyl (C=O) groups is 1. The van der Waals surface area contributed by atoms with Gasteiger partial charge in [0.05, 0.1) is 20.3 Å². The molecule has 0 spiro atoms. The lowest BCUT2D eigenvalue weighted by Gasteiger charge is -2.59. The second-order valence-corrected chi connectivity index (χ2v) is 5.91. The summed E-state index contributed by atoms with van der Waals surface area (Å²) in [6.07, 6.45) is 5.26. The minimum Gasteiger partial charge on any atom is -0.468 e. The summed E-state index contributed by atoms with van der Waals surface area (Å²) in [4.78, 5) is 12.3. The van der Waals surface area contributed by atoms with Crippen molar-refractivity contribution in [1.29, 1.82) is 0 Å². The van der Waals surface area contributed by atoms with Crippen molar-refractivity contribution < 1.29 is 19.4 Å². The Labute approximate surface area is 101 Å². The van der Waals surface area contributed by atoms with Gasteiger partial charge in [0.2, 0.25) is 0 Å². The lowest BCUT2D eigenvalue weighted by atomic mass is 9.49. The van der Waals surface area contributed by atoms with E-state index in [1.54, 1.807) is 0 Å². The van der Waals surface area contributed by atoms with Gasteiger partial charge < -0.3 is 14.6 Å². The molecule has 3 aliphatic carbocycles. The maximum atomic E-state index is 12.3. The van der Waals surface area contributed by atoms with E-state index in [-0.39, 0.29) is 25.1 Å². The number of aliphatic hydroxyl groups is 1. The van der Waals surface area contributed by atoms with Crippen LogP contribution in [0.25, 0.3) is 0 Å². The average Bonchev–Trinajstić information content (AvgIpc) is 2.35. The summed E-state index contributed by atoms with van der Waals surface area (Å²) in [5.41, 5.74) is -1.68. The predicted octanol–water partition coefficient (Wildman–Crippen LogP) is 1.12. The minimum atomic E-state index is -0.982. The smallest absolute Gasteiger partial charge is 0.315 e. The number of carbonyl (C=O) groups excluding carboxylic acids is 1. The lowest BCUT2D eigenvalue weighted by molar-refractivity contribution is -0.273. The van der Waals surface area contributed by atoms with Crippen LogP contribution in [0.1, 0.15) is 32.1 Å². The van der Waals surface area contributed by atoms with Crippen LogP contribution in [0, 0.1) is 17.3 Å². The zero-order chi connectivity index (χ0) is 12.1. The summed E-state index contributed by atoms with van der Waals surface area (Å²) in [5, 5.41) is 10.7. The van der Waals surface area contributed by atoms with E-state index in [9.17, 15) is 9.90 Å². The van der Waals surface area contributed by atoms with Gasteiger partial charge in [-0.05, 0) is 31.1 Å². The Morgan fingerprint density at radius 2 is 1.94 bits per heavy atom. The van der Waals surface area contributed by atoms with Gasteiger partial charge in [-0.1, -0.05) is 12.8 Å². The van der Waals surface area contributed by atoms with E-state index < -0.39 is 11.0 Å². The van der Waals surface area contributed by atoms with Crippen molar-refractivity contribution in [2.24, 2.45) is 17.3 Å². The number of fused-ring (bicyclic) bond motifs is 3. The largest absolute Gasteiger partial charge is 0.468 e. The Balaban J connectivity index is 1.99. The Kier molecular flexibility index (Phi) is 2.49. The van der Waals surface area contributed by atoms with E-state index in [4.69, 9.17) is 9.47 Å². The molecule has 4 nitrogen and oxygen atoms in total. The molecular weight excluding hydrogens is 220 g/mol. The molecule has 1 heterocycles. The van der Waals surface area contributed by atoms with Crippen LogP contribution in [-0.2, 0) is 14.3 Å². The van der Waals surface area contributed by atoms with Crippen molar-refractivity contribution >= 4 is 5.97 Å². The average molecular weight is 240 g/mol. The molecule has 3 saturated carbocycles. The fourth-order valence-electron chi connectivity index (χ4n) is 4.23. The van der Waals surface area contributed by atoms with Crippen LogP contribution < -0.4 is 0 Å². The second kappa shape index (κ2) is 3.69. The predicted molar refractivity (Wildman–Crippen MR) is 60.3 cm³/mol.